The zero-order chi connectivity index (χ0) is 13.9. The van der Waals surface area contributed by atoms with Crippen molar-refractivity contribution < 1.29 is 9.84 Å². The minimum atomic E-state index is -0.107. The van der Waals surface area contributed by atoms with Gasteiger partial charge in [-0.15, -0.1) is 0 Å². The molecule has 0 saturated heterocycles. The SMILES string of the molecule is [NH]c1ncc(OCCO)nc1-c1nc2ccccc2[nH]1. The molecule has 0 aliphatic rings. The third-order valence-electron chi connectivity index (χ3n) is 2.71. The maximum absolute atomic E-state index is 8.74. The number of aromatic nitrogens is 4. The lowest BCUT2D eigenvalue weighted by molar-refractivity contribution is 0.196. The summed E-state index contributed by atoms with van der Waals surface area (Å²) in [7, 11) is 0. The Labute approximate surface area is 114 Å². The highest BCUT2D eigenvalue weighted by molar-refractivity contribution is 5.80. The zero-order valence-electron chi connectivity index (χ0n) is 10.5. The highest BCUT2D eigenvalue weighted by atomic mass is 16.5. The average Bonchev–Trinajstić information content (AvgIpc) is 2.90. The maximum atomic E-state index is 8.74. The molecule has 1 aromatic carbocycles. The van der Waals surface area contributed by atoms with E-state index < -0.39 is 0 Å². The summed E-state index contributed by atoms with van der Waals surface area (Å²) in [6.45, 7) is 0.0237. The van der Waals surface area contributed by atoms with Crippen LogP contribution in [-0.2, 0) is 0 Å². The smallest absolute Gasteiger partial charge is 0.233 e. The number of H-pyrrole nitrogens is 1. The molecular formula is C13H12N5O2. The molecule has 0 amide bonds. The molecule has 101 valence electrons. The Morgan fingerprint density at radius 3 is 2.90 bits per heavy atom. The van der Waals surface area contributed by atoms with E-state index in [9.17, 15) is 0 Å². The largest absolute Gasteiger partial charge is 0.474 e. The van der Waals surface area contributed by atoms with Crippen LogP contribution in [0.4, 0.5) is 5.82 Å². The van der Waals surface area contributed by atoms with Crippen molar-refractivity contribution in [2.45, 2.75) is 0 Å². The summed E-state index contributed by atoms with van der Waals surface area (Å²) in [5.41, 5.74) is 9.80. The first-order valence-corrected chi connectivity index (χ1v) is 6.05. The number of fused-ring (bicyclic) bond motifs is 1. The van der Waals surface area contributed by atoms with Crippen molar-refractivity contribution in [3.63, 3.8) is 0 Å². The lowest BCUT2D eigenvalue weighted by Gasteiger charge is -2.05. The van der Waals surface area contributed by atoms with Crippen LogP contribution in [-0.4, -0.2) is 38.3 Å². The Morgan fingerprint density at radius 1 is 1.25 bits per heavy atom. The number of hydrogen-bond acceptors (Lipinski definition) is 5. The van der Waals surface area contributed by atoms with E-state index in [4.69, 9.17) is 15.6 Å². The van der Waals surface area contributed by atoms with Crippen LogP contribution in [0.3, 0.4) is 0 Å². The Morgan fingerprint density at radius 2 is 2.10 bits per heavy atom. The van der Waals surface area contributed by atoms with Gasteiger partial charge in [0.25, 0.3) is 0 Å². The van der Waals surface area contributed by atoms with Crippen molar-refractivity contribution >= 4 is 16.9 Å². The first-order chi connectivity index (χ1) is 9.78. The summed E-state index contributed by atoms with van der Waals surface area (Å²) in [6, 6.07) is 7.56. The second kappa shape index (κ2) is 5.14. The summed E-state index contributed by atoms with van der Waals surface area (Å²) < 4.78 is 5.20. The van der Waals surface area contributed by atoms with Gasteiger partial charge in [-0.05, 0) is 12.1 Å². The van der Waals surface area contributed by atoms with Crippen molar-refractivity contribution in [1.29, 1.82) is 0 Å². The minimum absolute atomic E-state index is 0.0143. The quantitative estimate of drug-likeness (QED) is 0.743. The van der Waals surface area contributed by atoms with Crippen molar-refractivity contribution in [1.82, 2.24) is 25.7 Å². The molecule has 3 N–H and O–H groups in total. The van der Waals surface area contributed by atoms with E-state index in [1.165, 1.54) is 6.20 Å². The van der Waals surface area contributed by atoms with Gasteiger partial charge in [-0.2, -0.15) is 0 Å². The van der Waals surface area contributed by atoms with Gasteiger partial charge in [0.2, 0.25) is 5.88 Å². The van der Waals surface area contributed by atoms with E-state index in [0.29, 0.717) is 11.5 Å². The first-order valence-electron chi connectivity index (χ1n) is 6.05. The molecule has 0 bridgehead atoms. The Balaban J connectivity index is 2.03. The van der Waals surface area contributed by atoms with Crippen molar-refractivity contribution in [3.05, 3.63) is 30.5 Å². The van der Waals surface area contributed by atoms with Crippen LogP contribution in [0.25, 0.3) is 22.6 Å². The third-order valence-corrected chi connectivity index (χ3v) is 2.71. The van der Waals surface area contributed by atoms with Crippen LogP contribution < -0.4 is 10.5 Å². The molecule has 20 heavy (non-hydrogen) atoms. The lowest BCUT2D eigenvalue weighted by Crippen LogP contribution is -2.04. The average molecular weight is 270 g/mol. The molecule has 1 radical (unpaired) electrons. The van der Waals surface area contributed by atoms with Gasteiger partial charge >= 0.3 is 0 Å². The van der Waals surface area contributed by atoms with Crippen LogP contribution in [0, 0.1) is 0 Å². The lowest BCUT2D eigenvalue weighted by atomic mass is 10.3. The van der Waals surface area contributed by atoms with Crippen LogP contribution in [0.5, 0.6) is 5.88 Å². The van der Waals surface area contributed by atoms with Crippen molar-refractivity contribution in [3.8, 4) is 17.4 Å². The molecule has 0 spiro atoms. The molecule has 0 fully saturated rings. The number of nitrogens with one attached hydrogen (secondary N) is 2. The van der Waals surface area contributed by atoms with Crippen LogP contribution >= 0.6 is 0 Å². The fraction of sp³-hybridized carbons (Fsp3) is 0.154. The van der Waals surface area contributed by atoms with E-state index in [2.05, 4.69) is 19.9 Å². The van der Waals surface area contributed by atoms with E-state index in [1.807, 2.05) is 24.3 Å². The van der Waals surface area contributed by atoms with Crippen LogP contribution in [0.1, 0.15) is 0 Å². The molecule has 7 heteroatoms. The van der Waals surface area contributed by atoms with Crippen LogP contribution in [0.2, 0.25) is 0 Å². The molecule has 3 rings (SSSR count). The summed E-state index contributed by atoms with van der Waals surface area (Å²) in [6.07, 6.45) is 1.35. The highest BCUT2D eigenvalue weighted by Crippen LogP contribution is 2.24. The number of ether oxygens (including phenoxy) is 1. The van der Waals surface area contributed by atoms with E-state index in [1.54, 1.807) is 0 Å². The molecule has 0 aliphatic heterocycles. The molecule has 7 nitrogen and oxygen atoms in total. The van der Waals surface area contributed by atoms with Gasteiger partial charge in [-0.1, -0.05) is 12.1 Å². The number of para-hydroxylation sites is 2. The molecule has 2 heterocycles. The zero-order valence-corrected chi connectivity index (χ0v) is 10.5. The predicted molar refractivity (Wildman–Crippen MR) is 72.5 cm³/mol. The van der Waals surface area contributed by atoms with Gasteiger partial charge in [0, 0.05) is 0 Å². The second-order valence-electron chi connectivity index (χ2n) is 4.08. The molecule has 0 unspecified atom stereocenters. The molecule has 2 aromatic heterocycles. The number of aromatic amines is 1. The summed E-state index contributed by atoms with van der Waals surface area (Å²) in [5, 5.41) is 8.74. The first kappa shape index (κ1) is 12.4. The number of imidazole rings is 1. The Bertz CT molecular complexity index is 707. The van der Waals surface area contributed by atoms with E-state index >= 15 is 0 Å². The Kier molecular flexibility index (Phi) is 3.18. The molecular weight excluding hydrogens is 258 g/mol. The predicted octanol–water partition coefficient (Wildman–Crippen LogP) is 1.31. The fourth-order valence-electron chi connectivity index (χ4n) is 1.82. The molecule has 0 saturated carbocycles. The van der Waals surface area contributed by atoms with E-state index in [0.717, 1.165) is 11.0 Å². The maximum Gasteiger partial charge on any atom is 0.233 e. The van der Waals surface area contributed by atoms with Gasteiger partial charge in [0.15, 0.2) is 17.3 Å². The van der Waals surface area contributed by atoms with Gasteiger partial charge in [0.05, 0.1) is 23.8 Å². The third kappa shape index (κ3) is 2.26. The normalized spacial score (nSPS) is 10.8. The monoisotopic (exact) mass is 270 g/mol. The number of aliphatic hydroxyl groups excluding tert-OH is 1. The summed E-state index contributed by atoms with van der Waals surface area (Å²) in [4.78, 5) is 15.6. The molecule has 0 aliphatic carbocycles. The van der Waals surface area contributed by atoms with E-state index in [-0.39, 0.29) is 24.9 Å². The van der Waals surface area contributed by atoms with Gasteiger partial charge < -0.3 is 14.8 Å². The number of nitrogens with zero attached hydrogens (tertiary/aromatic N) is 3. The van der Waals surface area contributed by atoms with Gasteiger partial charge in [-0.25, -0.2) is 15.0 Å². The minimum Gasteiger partial charge on any atom is -0.474 e. The fourth-order valence-corrected chi connectivity index (χ4v) is 1.82. The van der Waals surface area contributed by atoms with Gasteiger partial charge in [-0.3, -0.25) is 5.73 Å². The number of hydrogen-bond donors (Lipinski definition) is 2. The second-order valence-corrected chi connectivity index (χ2v) is 4.08. The summed E-state index contributed by atoms with van der Waals surface area (Å²) in [5.74, 6) is 0.740. The molecule has 3 aromatic rings. The number of benzene rings is 1. The highest BCUT2D eigenvalue weighted by Gasteiger charge is 2.13. The number of rotatable bonds is 4. The summed E-state index contributed by atoms with van der Waals surface area (Å²) >= 11 is 0. The molecule has 0 atom stereocenters. The van der Waals surface area contributed by atoms with Gasteiger partial charge in [0.1, 0.15) is 6.61 Å². The number of aliphatic hydroxyl groups is 1. The standard InChI is InChI=1S/C13H12N5O2/c14-12-11(18-10(7-15-12)20-6-5-19)13-16-8-3-1-2-4-9(8)17-13/h1-4,7,14,19H,5-6H2,(H,16,17). The van der Waals surface area contributed by atoms with Crippen molar-refractivity contribution in [2.24, 2.45) is 0 Å². The van der Waals surface area contributed by atoms with Crippen LogP contribution in [0.15, 0.2) is 30.5 Å². The Hall–Kier alpha value is -2.67. The topological polar surface area (TPSA) is 108 Å². The van der Waals surface area contributed by atoms with Crippen molar-refractivity contribution in [2.75, 3.05) is 13.2 Å².